The zero-order valence-electron chi connectivity index (χ0n) is 24.1. The van der Waals surface area contributed by atoms with Crippen LogP contribution in [0.4, 0.5) is 13.2 Å². The van der Waals surface area contributed by atoms with Crippen LogP contribution in [-0.4, -0.2) is 26.4 Å². The second-order valence-electron chi connectivity index (χ2n) is 10.2. The van der Waals surface area contributed by atoms with Crippen LogP contribution in [0.25, 0.3) is 45.0 Å². The van der Waals surface area contributed by atoms with Crippen LogP contribution >= 0.6 is 11.8 Å². The van der Waals surface area contributed by atoms with Crippen LogP contribution < -0.4 is 4.74 Å². The number of alkyl halides is 3. The van der Waals surface area contributed by atoms with E-state index in [1.54, 1.807) is 12.1 Å². The lowest BCUT2D eigenvalue weighted by atomic mass is 10.00. The lowest BCUT2D eigenvalue weighted by Gasteiger charge is -2.12. The number of halogens is 3. The summed E-state index contributed by atoms with van der Waals surface area (Å²) in [6.07, 6.45) is -4.76. The molecule has 0 aliphatic heterocycles. The fourth-order valence-electron chi connectivity index (χ4n) is 4.80. The molecule has 0 saturated heterocycles. The maximum Gasteiger partial charge on any atom is 0.573 e. The van der Waals surface area contributed by atoms with Gasteiger partial charge in [-0.15, -0.1) is 13.2 Å². The lowest BCUT2D eigenvalue weighted by molar-refractivity contribution is -0.274. The molecule has 1 heterocycles. The van der Waals surface area contributed by atoms with Crippen molar-refractivity contribution in [3.8, 4) is 50.8 Å². The van der Waals surface area contributed by atoms with E-state index in [9.17, 15) is 13.2 Å². The predicted molar refractivity (Wildman–Crippen MR) is 178 cm³/mol. The molecule has 9 heteroatoms. The Morgan fingerprint density at radius 2 is 1.04 bits per heavy atom. The molecule has 0 spiro atoms. The van der Waals surface area contributed by atoms with Gasteiger partial charge in [0.25, 0.3) is 0 Å². The van der Waals surface area contributed by atoms with Crippen LogP contribution in [0.15, 0.2) is 140 Å². The highest BCUT2D eigenvalue weighted by molar-refractivity contribution is 8.27. The minimum Gasteiger partial charge on any atom is -0.406 e. The van der Waals surface area contributed by atoms with Crippen molar-refractivity contribution >= 4 is 21.8 Å². The molecule has 1 aromatic heterocycles. The van der Waals surface area contributed by atoms with Crippen LogP contribution in [-0.2, 0) is 0 Å². The molecule has 0 atom stereocenters. The maximum atomic E-state index is 12.6. The molecule has 0 unspecified atom stereocenters. The van der Waals surface area contributed by atoms with Crippen molar-refractivity contribution in [2.45, 2.75) is 6.36 Å². The summed E-state index contributed by atoms with van der Waals surface area (Å²) in [7, 11) is 0. The molecule has 5 aromatic carbocycles. The number of nitrogens with one attached hydrogen (secondary N) is 2. The summed E-state index contributed by atoms with van der Waals surface area (Å²) in [5.74, 6) is 0.235. The highest BCUT2D eigenvalue weighted by Gasteiger charge is 2.31. The zero-order chi connectivity index (χ0) is 32.1. The molecular weight excluding hydrogens is 605 g/mol. The highest BCUT2D eigenvalue weighted by Crippen LogP contribution is 2.32. The van der Waals surface area contributed by atoms with Crippen LogP contribution in [0.1, 0.15) is 11.1 Å². The second-order valence-corrected chi connectivity index (χ2v) is 11.2. The first-order valence-electron chi connectivity index (χ1n) is 14.1. The molecule has 6 aromatic rings. The van der Waals surface area contributed by atoms with Gasteiger partial charge in [-0.1, -0.05) is 121 Å². The second kappa shape index (κ2) is 13.2. The zero-order valence-corrected chi connectivity index (χ0v) is 24.9. The van der Waals surface area contributed by atoms with Crippen molar-refractivity contribution < 1.29 is 17.9 Å². The summed E-state index contributed by atoms with van der Waals surface area (Å²) in [5.41, 5.74) is 6.64. The molecule has 0 amide bonds. The fourth-order valence-corrected chi connectivity index (χ4v) is 5.50. The van der Waals surface area contributed by atoms with Gasteiger partial charge >= 0.3 is 6.36 Å². The lowest BCUT2D eigenvalue weighted by Crippen LogP contribution is -2.16. The standard InChI is InChI=1S/C37H25F3N4OS/c38-37(39,40)45-31-19-17-24(18-20-31)27-13-7-14-28(21-27)32-23-33(44-36(43-32)26-11-5-2-6-12-26)29-15-8-16-30(22-29)35(42)46-34(41)25-9-3-1-4-10-25/h1-23,41-42H. The highest BCUT2D eigenvalue weighted by atomic mass is 32.2. The first-order chi connectivity index (χ1) is 22.2. The van der Waals surface area contributed by atoms with Crippen LogP contribution in [0, 0.1) is 10.8 Å². The van der Waals surface area contributed by atoms with E-state index in [4.69, 9.17) is 20.8 Å². The Kier molecular flexibility index (Phi) is 8.76. The van der Waals surface area contributed by atoms with Crippen molar-refractivity contribution in [1.82, 2.24) is 9.97 Å². The van der Waals surface area contributed by atoms with Gasteiger partial charge in [-0.05, 0) is 41.5 Å². The summed E-state index contributed by atoms with van der Waals surface area (Å²) >= 11 is 1.08. The van der Waals surface area contributed by atoms with Crippen LogP contribution in [0.5, 0.6) is 5.75 Å². The summed E-state index contributed by atoms with van der Waals surface area (Å²) in [4.78, 5) is 9.78. The molecule has 0 radical (unpaired) electrons. The minimum atomic E-state index is -4.76. The van der Waals surface area contributed by atoms with E-state index < -0.39 is 6.36 Å². The first kappa shape index (κ1) is 30.5. The Hall–Kier alpha value is -5.54. The summed E-state index contributed by atoms with van der Waals surface area (Å²) in [6.45, 7) is 0. The number of hydrogen-bond donors (Lipinski definition) is 2. The van der Waals surface area contributed by atoms with Gasteiger partial charge in [-0.2, -0.15) is 0 Å². The van der Waals surface area contributed by atoms with Crippen LogP contribution in [0.2, 0.25) is 0 Å². The third-order valence-corrected chi connectivity index (χ3v) is 7.88. The Morgan fingerprint density at radius 3 is 1.70 bits per heavy atom. The van der Waals surface area contributed by atoms with Crippen molar-refractivity contribution in [2.75, 3.05) is 0 Å². The Bertz CT molecular complexity index is 2020. The third-order valence-electron chi connectivity index (χ3n) is 7.00. The van der Waals surface area contributed by atoms with Gasteiger partial charge in [0, 0.05) is 27.8 Å². The van der Waals surface area contributed by atoms with E-state index in [0.717, 1.165) is 45.1 Å². The van der Waals surface area contributed by atoms with Gasteiger partial charge in [-0.3, -0.25) is 10.8 Å². The first-order valence-corrected chi connectivity index (χ1v) is 15.0. The van der Waals surface area contributed by atoms with Gasteiger partial charge in [0.2, 0.25) is 0 Å². The van der Waals surface area contributed by atoms with E-state index in [0.29, 0.717) is 22.8 Å². The maximum absolute atomic E-state index is 12.6. The number of nitrogens with zero attached hydrogens (tertiary/aromatic N) is 2. The van der Waals surface area contributed by atoms with E-state index in [1.165, 1.54) is 12.1 Å². The summed E-state index contributed by atoms with van der Waals surface area (Å²) in [6, 6.07) is 41.7. The topological polar surface area (TPSA) is 82.7 Å². The Morgan fingerprint density at radius 1 is 0.522 bits per heavy atom. The molecular formula is C37H25F3N4OS. The van der Waals surface area contributed by atoms with Gasteiger partial charge < -0.3 is 4.74 Å². The smallest absolute Gasteiger partial charge is 0.406 e. The molecule has 6 rings (SSSR count). The quantitative estimate of drug-likeness (QED) is 0.136. The number of hydrogen-bond acceptors (Lipinski definition) is 6. The largest absolute Gasteiger partial charge is 0.573 e. The van der Waals surface area contributed by atoms with Gasteiger partial charge in [0.1, 0.15) is 15.8 Å². The van der Waals surface area contributed by atoms with Crippen molar-refractivity contribution in [3.05, 3.63) is 151 Å². The van der Waals surface area contributed by atoms with E-state index in [1.807, 2.05) is 115 Å². The van der Waals surface area contributed by atoms with Gasteiger partial charge in [0.05, 0.1) is 11.4 Å². The molecule has 226 valence electrons. The van der Waals surface area contributed by atoms with E-state index in [-0.39, 0.29) is 15.8 Å². The Labute approximate surface area is 267 Å². The molecule has 0 fully saturated rings. The van der Waals surface area contributed by atoms with Crippen molar-refractivity contribution in [3.63, 3.8) is 0 Å². The predicted octanol–water partition coefficient (Wildman–Crippen LogP) is 10.1. The Balaban J connectivity index is 1.35. The van der Waals surface area contributed by atoms with E-state index in [2.05, 4.69) is 4.74 Å². The SMILES string of the molecule is N=C(SC(=N)c1cccc(-c2cc(-c3cccc(-c4ccc(OC(F)(F)F)cc4)c3)nc(-c3ccccc3)n2)c1)c1ccccc1. The molecule has 5 nitrogen and oxygen atoms in total. The molecule has 0 aliphatic rings. The van der Waals surface area contributed by atoms with Gasteiger partial charge in [0.15, 0.2) is 5.82 Å². The summed E-state index contributed by atoms with van der Waals surface area (Å²) in [5, 5.41) is 17.7. The van der Waals surface area contributed by atoms with E-state index >= 15 is 0 Å². The molecule has 46 heavy (non-hydrogen) atoms. The molecule has 0 saturated carbocycles. The number of aromatic nitrogens is 2. The minimum absolute atomic E-state index is 0.243. The van der Waals surface area contributed by atoms with Crippen molar-refractivity contribution in [2.24, 2.45) is 0 Å². The number of benzene rings is 5. The average molecular weight is 631 g/mol. The molecule has 0 bridgehead atoms. The van der Waals surface area contributed by atoms with Crippen molar-refractivity contribution in [1.29, 1.82) is 10.8 Å². The number of rotatable bonds is 7. The summed E-state index contributed by atoms with van der Waals surface area (Å²) < 4.78 is 41.9. The fraction of sp³-hybridized carbons (Fsp3) is 0.0270. The normalized spacial score (nSPS) is 11.2. The van der Waals surface area contributed by atoms with Gasteiger partial charge in [-0.25, -0.2) is 9.97 Å². The monoisotopic (exact) mass is 630 g/mol. The molecule has 0 aliphatic carbocycles. The molecule has 2 N–H and O–H groups in total. The number of ether oxygens (including phenoxy) is 1. The van der Waals surface area contributed by atoms with Crippen LogP contribution in [0.3, 0.4) is 0 Å². The average Bonchev–Trinajstić information content (AvgIpc) is 3.08. The third kappa shape index (κ3) is 7.39. The number of thioether (sulfide) groups is 1.